The molecule has 1 aliphatic rings. The van der Waals surface area contributed by atoms with E-state index in [-0.39, 0.29) is 0 Å². The van der Waals surface area contributed by atoms with E-state index in [0.717, 1.165) is 0 Å². The molecule has 0 bridgehead atoms. The molecule has 0 aromatic carbocycles. The molecule has 0 saturated carbocycles. The second-order valence-corrected chi connectivity index (χ2v) is 4.65. The molecule has 0 unspecified atom stereocenters. The van der Waals surface area contributed by atoms with E-state index in [4.69, 9.17) is 0 Å². The van der Waals surface area contributed by atoms with Crippen molar-refractivity contribution in [3.8, 4) is 0 Å². The number of hydrogen-bond acceptors (Lipinski definition) is 2. The van der Waals surface area contributed by atoms with Crippen LogP contribution in [0.5, 0.6) is 0 Å². The molecule has 0 spiro atoms. The smallest absolute Gasteiger partial charge is 0.0331 e. The van der Waals surface area contributed by atoms with Crippen LogP contribution >= 0.6 is 11.9 Å². The minimum Gasteiger partial charge on any atom is -0.323 e. The lowest BCUT2D eigenvalue weighted by Crippen LogP contribution is -2.06. The number of nitrogens with zero attached hydrogens (tertiary/aromatic N) is 1. The maximum Gasteiger partial charge on any atom is 0.0331 e. The van der Waals surface area contributed by atoms with Crippen LogP contribution in [0.25, 0.3) is 0 Å². The van der Waals surface area contributed by atoms with E-state index in [2.05, 4.69) is 23.5 Å². The SMILES string of the molecule is CCCCCCCCN1C=CCS1. The third-order valence-electron chi connectivity index (χ3n) is 2.34. The van der Waals surface area contributed by atoms with Gasteiger partial charge < -0.3 is 4.31 Å². The average molecular weight is 199 g/mol. The van der Waals surface area contributed by atoms with Crippen LogP contribution in [-0.2, 0) is 0 Å². The fraction of sp³-hybridized carbons (Fsp3) is 0.818. The van der Waals surface area contributed by atoms with Gasteiger partial charge in [0, 0.05) is 18.5 Å². The summed E-state index contributed by atoms with van der Waals surface area (Å²) in [5, 5.41) is 0. The summed E-state index contributed by atoms with van der Waals surface area (Å²) in [6.45, 7) is 3.51. The monoisotopic (exact) mass is 199 g/mol. The summed E-state index contributed by atoms with van der Waals surface area (Å²) >= 11 is 1.93. The normalized spacial score (nSPS) is 15.6. The highest BCUT2D eigenvalue weighted by Crippen LogP contribution is 2.18. The van der Waals surface area contributed by atoms with Crippen LogP contribution in [0.3, 0.4) is 0 Å². The first-order chi connectivity index (χ1) is 6.43. The van der Waals surface area contributed by atoms with Crippen molar-refractivity contribution in [1.82, 2.24) is 4.31 Å². The van der Waals surface area contributed by atoms with Crippen molar-refractivity contribution in [2.75, 3.05) is 12.3 Å². The first kappa shape index (κ1) is 11.0. The first-order valence-electron chi connectivity index (χ1n) is 5.49. The highest BCUT2D eigenvalue weighted by atomic mass is 32.2. The quantitative estimate of drug-likeness (QED) is 0.453. The summed E-state index contributed by atoms with van der Waals surface area (Å²) in [6, 6.07) is 0. The molecule has 0 fully saturated rings. The molecule has 0 aromatic heterocycles. The molecule has 0 saturated heterocycles. The molecule has 0 N–H and O–H groups in total. The van der Waals surface area contributed by atoms with Gasteiger partial charge in [-0.1, -0.05) is 45.1 Å². The zero-order valence-corrected chi connectivity index (χ0v) is 9.48. The van der Waals surface area contributed by atoms with Gasteiger partial charge in [0.1, 0.15) is 0 Å². The largest absolute Gasteiger partial charge is 0.323 e. The van der Waals surface area contributed by atoms with E-state index in [9.17, 15) is 0 Å². The van der Waals surface area contributed by atoms with E-state index in [0.29, 0.717) is 0 Å². The van der Waals surface area contributed by atoms with Crippen LogP contribution in [0, 0.1) is 0 Å². The van der Waals surface area contributed by atoms with Crippen molar-refractivity contribution < 1.29 is 0 Å². The standard InChI is InChI=1S/C11H21NS/c1-2-3-4-5-6-7-9-12-10-8-11-13-12/h8,10H,2-7,9,11H2,1H3. The third kappa shape index (κ3) is 5.25. The van der Waals surface area contributed by atoms with E-state index >= 15 is 0 Å². The molecule has 0 amide bonds. The van der Waals surface area contributed by atoms with E-state index in [1.807, 2.05) is 11.9 Å². The van der Waals surface area contributed by atoms with Gasteiger partial charge >= 0.3 is 0 Å². The maximum absolute atomic E-state index is 2.36. The lowest BCUT2D eigenvalue weighted by molar-refractivity contribution is 0.539. The van der Waals surface area contributed by atoms with Gasteiger partial charge in [0.15, 0.2) is 0 Å². The van der Waals surface area contributed by atoms with Gasteiger partial charge in [-0.3, -0.25) is 0 Å². The predicted octanol–water partition coefficient (Wildman–Crippen LogP) is 3.82. The second kappa shape index (κ2) is 7.31. The zero-order valence-electron chi connectivity index (χ0n) is 8.67. The summed E-state index contributed by atoms with van der Waals surface area (Å²) in [5.74, 6) is 1.18. The molecule has 1 aliphatic heterocycles. The molecular weight excluding hydrogens is 178 g/mol. The second-order valence-electron chi connectivity index (χ2n) is 3.59. The Balaban J connectivity index is 1.81. The fourth-order valence-electron chi connectivity index (χ4n) is 1.53. The molecule has 1 nitrogen and oxygen atoms in total. The average Bonchev–Trinajstić information content (AvgIpc) is 2.63. The fourth-order valence-corrected chi connectivity index (χ4v) is 2.32. The Morgan fingerprint density at radius 1 is 1.15 bits per heavy atom. The Labute approximate surface area is 86.7 Å². The lowest BCUT2D eigenvalue weighted by atomic mass is 10.1. The van der Waals surface area contributed by atoms with Crippen molar-refractivity contribution in [2.24, 2.45) is 0 Å². The predicted molar refractivity (Wildman–Crippen MR) is 61.7 cm³/mol. The zero-order chi connectivity index (χ0) is 9.36. The first-order valence-corrected chi connectivity index (χ1v) is 6.44. The third-order valence-corrected chi connectivity index (χ3v) is 3.32. The van der Waals surface area contributed by atoms with Crippen LogP contribution in [0.2, 0.25) is 0 Å². The Morgan fingerprint density at radius 3 is 2.62 bits per heavy atom. The topological polar surface area (TPSA) is 3.24 Å². The minimum atomic E-state index is 1.18. The number of hydrogen-bond donors (Lipinski definition) is 0. The highest BCUT2D eigenvalue weighted by molar-refractivity contribution is 7.97. The van der Waals surface area contributed by atoms with Gasteiger partial charge in [0.2, 0.25) is 0 Å². The Hall–Kier alpha value is -0.110. The van der Waals surface area contributed by atoms with Crippen LogP contribution in [0.15, 0.2) is 12.3 Å². The molecule has 1 rings (SSSR count). The molecule has 76 valence electrons. The van der Waals surface area contributed by atoms with Gasteiger partial charge in [-0.15, -0.1) is 0 Å². The molecule has 0 aliphatic carbocycles. The van der Waals surface area contributed by atoms with Gasteiger partial charge in [-0.05, 0) is 18.4 Å². The number of rotatable bonds is 7. The van der Waals surface area contributed by atoms with Crippen LogP contribution < -0.4 is 0 Å². The molecule has 2 heteroatoms. The summed E-state index contributed by atoms with van der Waals surface area (Å²) < 4.78 is 2.36. The molecule has 13 heavy (non-hydrogen) atoms. The van der Waals surface area contributed by atoms with Crippen LogP contribution in [0.1, 0.15) is 45.4 Å². The van der Waals surface area contributed by atoms with E-state index in [1.165, 1.54) is 50.8 Å². The summed E-state index contributed by atoms with van der Waals surface area (Å²) in [6.07, 6.45) is 12.9. The summed E-state index contributed by atoms with van der Waals surface area (Å²) in [7, 11) is 0. The van der Waals surface area contributed by atoms with Crippen molar-refractivity contribution >= 4 is 11.9 Å². The van der Waals surface area contributed by atoms with Gasteiger partial charge in [0.05, 0.1) is 0 Å². The highest BCUT2D eigenvalue weighted by Gasteiger charge is 2.03. The Kier molecular flexibility index (Phi) is 6.17. The van der Waals surface area contributed by atoms with Crippen LogP contribution in [0.4, 0.5) is 0 Å². The molecule has 0 radical (unpaired) electrons. The summed E-state index contributed by atoms with van der Waals surface area (Å²) in [4.78, 5) is 0. The van der Waals surface area contributed by atoms with Gasteiger partial charge in [0.25, 0.3) is 0 Å². The van der Waals surface area contributed by atoms with Gasteiger partial charge in [-0.2, -0.15) is 0 Å². The number of unbranched alkanes of at least 4 members (excludes halogenated alkanes) is 5. The minimum absolute atomic E-state index is 1.18. The van der Waals surface area contributed by atoms with Crippen molar-refractivity contribution in [3.05, 3.63) is 12.3 Å². The molecule has 0 atom stereocenters. The Morgan fingerprint density at radius 2 is 1.92 bits per heavy atom. The molecule has 1 heterocycles. The van der Waals surface area contributed by atoms with Crippen molar-refractivity contribution in [3.63, 3.8) is 0 Å². The van der Waals surface area contributed by atoms with Crippen molar-refractivity contribution in [1.29, 1.82) is 0 Å². The van der Waals surface area contributed by atoms with Crippen molar-refractivity contribution in [2.45, 2.75) is 45.4 Å². The summed E-state index contributed by atoms with van der Waals surface area (Å²) in [5.41, 5.74) is 0. The van der Waals surface area contributed by atoms with Gasteiger partial charge in [-0.25, -0.2) is 0 Å². The Bertz CT molecular complexity index is 145. The van der Waals surface area contributed by atoms with E-state index in [1.54, 1.807) is 0 Å². The van der Waals surface area contributed by atoms with E-state index < -0.39 is 0 Å². The molecular formula is C11H21NS. The maximum atomic E-state index is 2.36. The molecule has 0 aromatic rings. The van der Waals surface area contributed by atoms with Crippen LogP contribution in [-0.4, -0.2) is 16.6 Å². The lowest BCUT2D eigenvalue weighted by Gasteiger charge is -2.12.